The van der Waals surface area contributed by atoms with Gasteiger partial charge in [-0.2, -0.15) is 0 Å². The Morgan fingerprint density at radius 3 is 2.15 bits per heavy atom. The highest BCUT2D eigenvalue weighted by Crippen LogP contribution is 2.27. The van der Waals surface area contributed by atoms with E-state index in [1.807, 2.05) is 0 Å². The van der Waals surface area contributed by atoms with Crippen LogP contribution in [-0.2, 0) is 25.6 Å². The second kappa shape index (κ2) is 16.1. The van der Waals surface area contributed by atoms with Gasteiger partial charge in [-0.25, -0.2) is 4.79 Å². The van der Waals surface area contributed by atoms with Gasteiger partial charge in [-0.15, -0.1) is 0 Å². The van der Waals surface area contributed by atoms with E-state index in [1.165, 1.54) is 7.05 Å². The Bertz CT molecular complexity index is 1070. The summed E-state index contributed by atoms with van der Waals surface area (Å²) in [6, 6.07) is 4.44. The Labute approximate surface area is 234 Å². The van der Waals surface area contributed by atoms with E-state index < -0.39 is 41.7 Å². The third-order valence-corrected chi connectivity index (χ3v) is 7.07. The average Bonchev–Trinajstić information content (AvgIpc) is 2.92. The molecule has 3 atom stereocenters. The minimum Gasteiger partial charge on any atom is -0.480 e. The van der Waals surface area contributed by atoms with Crippen molar-refractivity contribution in [3.63, 3.8) is 0 Å². The van der Waals surface area contributed by atoms with Crippen molar-refractivity contribution < 1.29 is 24.3 Å². The van der Waals surface area contributed by atoms with Crippen LogP contribution in [0.4, 0.5) is 0 Å². The number of carbonyl (C=O) groups is 4. The number of benzene rings is 1. The normalized spacial score (nSPS) is 15.6. The summed E-state index contributed by atoms with van der Waals surface area (Å²) in [5, 5.41) is 25.0. The molecule has 1 aliphatic rings. The molecule has 13 heteroatoms. The molecule has 0 aromatic heterocycles. The highest BCUT2D eigenvalue weighted by molar-refractivity contribution is 6.02. The first kappa shape index (κ1) is 32.1. The zero-order valence-corrected chi connectivity index (χ0v) is 22.9. The van der Waals surface area contributed by atoms with E-state index in [1.54, 1.807) is 24.3 Å². The van der Waals surface area contributed by atoms with Crippen molar-refractivity contribution in [3.05, 3.63) is 35.4 Å². The molecule has 0 saturated heterocycles. The van der Waals surface area contributed by atoms with E-state index in [0.29, 0.717) is 24.0 Å². The molecule has 3 amide bonds. The fraction of sp³-hybridized carbons (Fsp3) is 0.556. The molecule has 2 rings (SSSR count). The van der Waals surface area contributed by atoms with Crippen LogP contribution in [-0.4, -0.2) is 66.3 Å². The summed E-state index contributed by atoms with van der Waals surface area (Å²) in [4.78, 5) is 55.1. The van der Waals surface area contributed by atoms with Crippen molar-refractivity contribution in [3.8, 4) is 0 Å². The Hall–Kier alpha value is -4.16. The van der Waals surface area contributed by atoms with Crippen molar-refractivity contribution in [1.82, 2.24) is 16.0 Å². The summed E-state index contributed by atoms with van der Waals surface area (Å²) in [6.45, 7) is 0.214. The number of amides is 3. The number of aliphatic carboxylic acids is 1. The highest BCUT2D eigenvalue weighted by Gasteiger charge is 2.33. The maximum absolute atomic E-state index is 13.4. The quantitative estimate of drug-likeness (QED) is 0.0627. The van der Waals surface area contributed by atoms with Crippen molar-refractivity contribution in [1.29, 1.82) is 5.41 Å². The first-order valence-corrected chi connectivity index (χ1v) is 13.6. The number of nitrogens with two attached hydrogens (primary N) is 3. The summed E-state index contributed by atoms with van der Waals surface area (Å²) in [5.74, 6) is -4.13. The molecule has 1 aromatic carbocycles. The Morgan fingerprint density at radius 2 is 1.60 bits per heavy atom. The maximum Gasteiger partial charge on any atom is 0.326 e. The van der Waals surface area contributed by atoms with Crippen LogP contribution in [0.1, 0.15) is 62.5 Å². The van der Waals surface area contributed by atoms with E-state index in [4.69, 9.17) is 22.6 Å². The zero-order valence-electron chi connectivity index (χ0n) is 22.9. The number of hydrogen-bond donors (Lipinski definition) is 8. The molecule has 1 unspecified atom stereocenters. The second-order valence-electron chi connectivity index (χ2n) is 10.1. The third kappa shape index (κ3) is 10.5. The van der Waals surface area contributed by atoms with Crippen molar-refractivity contribution in [2.24, 2.45) is 34.0 Å². The molecule has 0 bridgehead atoms. The van der Waals surface area contributed by atoms with Crippen LogP contribution < -0.4 is 33.2 Å². The minimum absolute atomic E-state index is 0.0595. The number of rotatable bonds is 15. The number of nitrogens with zero attached hydrogens (tertiary/aromatic N) is 1. The predicted molar refractivity (Wildman–Crippen MR) is 151 cm³/mol. The first-order chi connectivity index (χ1) is 19.0. The molecule has 1 fully saturated rings. The third-order valence-electron chi connectivity index (χ3n) is 7.07. The number of nitrogens with one attached hydrogen (secondary N) is 4. The molecular weight excluding hydrogens is 516 g/mol. The predicted octanol–water partition coefficient (Wildman–Crippen LogP) is -0.0464. The minimum atomic E-state index is -1.21. The molecule has 0 spiro atoms. The van der Waals surface area contributed by atoms with Crippen LogP contribution in [0.15, 0.2) is 29.3 Å². The molecule has 1 saturated carbocycles. The smallest absolute Gasteiger partial charge is 0.326 e. The Balaban J connectivity index is 2.20. The van der Waals surface area contributed by atoms with Gasteiger partial charge in [0, 0.05) is 19.2 Å². The van der Waals surface area contributed by atoms with E-state index in [2.05, 4.69) is 20.9 Å². The van der Waals surface area contributed by atoms with Crippen LogP contribution in [0.2, 0.25) is 0 Å². The number of nitrogen functional groups attached to an aromatic ring is 1. The van der Waals surface area contributed by atoms with Gasteiger partial charge < -0.3 is 38.3 Å². The first-order valence-electron chi connectivity index (χ1n) is 13.6. The monoisotopic (exact) mass is 558 g/mol. The van der Waals surface area contributed by atoms with Gasteiger partial charge in [-0.1, -0.05) is 56.4 Å². The molecule has 220 valence electrons. The molecule has 1 aromatic rings. The SMILES string of the molecule is CNC(=O)[C@H](Cc1ccc(C(=N)N)cc1)C(=O)N[C@@H](CC1CCCCC1)C(=O)NC(CCCN=C(N)N)C(=O)O. The lowest BCUT2D eigenvalue weighted by atomic mass is 9.84. The zero-order chi connectivity index (χ0) is 29.7. The van der Waals surface area contributed by atoms with Gasteiger partial charge in [0.2, 0.25) is 17.7 Å². The molecule has 0 radical (unpaired) electrons. The van der Waals surface area contributed by atoms with Gasteiger partial charge in [-0.3, -0.25) is 24.8 Å². The lowest BCUT2D eigenvalue weighted by Gasteiger charge is -2.28. The number of carbonyl (C=O) groups excluding carboxylic acids is 3. The van der Waals surface area contributed by atoms with Gasteiger partial charge in [0.25, 0.3) is 0 Å². The number of amidine groups is 1. The van der Waals surface area contributed by atoms with Gasteiger partial charge in [0.05, 0.1) is 0 Å². The summed E-state index contributed by atoms with van der Waals surface area (Å²) >= 11 is 0. The molecule has 0 aliphatic heterocycles. The Kier molecular flexibility index (Phi) is 12.9. The van der Waals surface area contributed by atoms with Crippen LogP contribution in [0.3, 0.4) is 0 Å². The van der Waals surface area contributed by atoms with E-state index >= 15 is 0 Å². The van der Waals surface area contributed by atoms with Gasteiger partial charge in [0.15, 0.2) is 5.96 Å². The number of guanidine groups is 1. The fourth-order valence-electron chi connectivity index (χ4n) is 4.83. The summed E-state index contributed by atoms with van der Waals surface area (Å²) in [5.41, 5.74) is 17.3. The Morgan fingerprint density at radius 1 is 0.975 bits per heavy atom. The number of carboxylic acid groups (broad SMARTS) is 1. The largest absolute Gasteiger partial charge is 0.480 e. The van der Waals surface area contributed by atoms with Crippen LogP contribution in [0, 0.1) is 17.2 Å². The average molecular weight is 559 g/mol. The van der Waals surface area contributed by atoms with Crippen LogP contribution in [0.5, 0.6) is 0 Å². The molecular formula is C27H42N8O5. The molecule has 0 heterocycles. The number of hydrogen-bond acceptors (Lipinski definition) is 6. The lowest BCUT2D eigenvalue weighted by Crippen LogP contribution is -2.54. The standard InChI is InChI=1S/C27H42N8O5/c1-32-23(36)19(14-17-9-11-18(12-10-17)22(28)29)24(37)35-21(15-16-6-3-2-4-7-16)25(38)34-20(26(39)40)8-5-13-33-27(30)31/h9-12,16,19-21H,2-8,13-15H2,1H3,(H3,28,29)(H,32,36)(H,34,38)(H,35,37)(H,39,40)(H4,30,31,33)/t19-,20?,21-/m0/s1. The topological polar surface area (TPSA) is 239 Å². The van der Waals surface area contributed by atoms with Crippen molar-refractivity contribution in [2.75, 3.05) is 13.6 Å². The summed E-state index contributed by atoms with van der Waals surface area (Å²) in [6.07, 6.45) is 5.78. The van der Waals surface area contributed by atoms with Crippen LogP contribution >= 0.6 is 0 Å². The van der Waals surface area contributed by atoms with Crippen molar-refractivity contribution >= 4 is 35.5 Å². The van der Waals surface area contributed by atoms with E-state index in [9.17, 15) is 24.3 Å². The van der Waals surface area contributed by atoms with E-state index in [0.717, 1.165) is 32.1 Å². The summed E-state index contributed by atoms with van der Waals surface area (Å²) < 4.78 is 0. The lowest BCUT2D eigenvalue weighted by molar-refractivity contribution is -0.142. The van der Waals surface area contributed by atoms with Gasteiger partial charge in [-0.05, 0) is 37.2 Å². The van der Waals surface area contributed by atoms with E-state index in [-0.39, 0.29) is 37.1 Å². The van der Waals surface area contributed by atoms with Gasteiger partial charge in [0.1, 0.15) is 23.8 Å². The number of carboxylic acids is 1. The number of aliphatic imine (C=N–C) groups is 1. The molecule has 1 aliphatic carbocycles. The fourth-order valence-corrected chi connectivity index (χ4v) is 4.83. The maximum atomic E-state index is 13.4. The van der Waals surface area contributed by atoms with Crippen LogP contribution in [0.25, 0.3) is 0 Å². The van der Waals surface area contributed by atoms with Crippen molar-refractivity contribution in [2.45, 2.75) is 69.9 Å². The summed E-state index contributed by atoms with van der Waals surface area (Å²) in [7, 11) is 1.42. The van der Waals surface area contributed by atoms with Gasteiger partial charge >= 0.3 is 5.97 Å². The molecule has 13 nitrogen and oxygen atoms in total. The second-order valence-corrected chi connectivity index (χ2v) is 10.1. The molecule has 11 N–H and O–H groups in total. The molecule has 40 heavy (non-hydrogen) atoms. The highest BCUT2D eigenvalue weighted by atomic mass is 16.4.